The summed E-state index contributed by atoms with van der Waals surface area (Å²) in [7, 11) is 0. The first-order valence-electron chi connectivity index (χ1n) is 7.26. The summed E-state index contributed by atoms with van der Waals surface area (Å²) < 4.78 is 0. The number of allylic oxidation sites excluding steroid dienone is 1. The first kappa shape index (κ1) is 14.7. The lowest BCUT2D eigenvalue weighted by molar-refractivity contribution is 0.156. The van der Waals surface area contributed by atoms with Crippen molar-refractivity contribution >= 4 is 11.8 Å². The molecule has 1 aliphatic rings. The average Bonchev–Trinajstić information content (AvgIpc) is 2.48. The van der Waals surface area contributed by atoms with Gasteiger partial charge in [-0.25, -0.2) is 0 Å². The summed E-state index contributed by atoms with van der Waals surface area (Å²) in [6.45, 7) is 2.16. The lowest BCUT2D eigenvalue weighted by Crippen LogP contribution is -2.23. The SMILES string of the molecule is C[C@H](CSCc1ccccc1)[C@@H](O)C1=CCCCC1. The smallest absolute Gasteiger partial charge is 0.0783 e. The number of rotatable bonds is 6. The normalized spacial score (nSPS) is 18.7. The van der Waals surface area contributed by atoms with Crippen LogP contribution in [-0.2, 0) is 5.75 Å². The summed E-state index contributed by atoms with van der Waals surface area (Å²) in [5.74, 6) is 2.41. The highest BCUT2D eigenvalue weighted by Gasteiger charge is 2.19. The minimum absolute atomic E-state index is 0.233. The van der Waals surface area contributed by atoms with Crippen LogP contribution >= 0.6 is 11.8 Å². The van der Waals surface area contributed by atoms with Gasteiger partial charge in [-0.05, 0) is 48.5 Å². The van der Waals surface area contributed by atoms with Gasteiger partial charge in [0.2, 0.25) is 0 Å². The molecule has 0 saturated heterocycles. The standard InChI is InChI=1S/C17H24OS/c1-14(17(18)16-10-6-3-7-11-16)12-19-13-15-8-4-2-5-9-15/h2,4-5,8-10,14,17-18H,3,6-7,11-13H2,1H3/t14-,17-/m1/s1. The fourth-order valence-electron chi connectivity index (χ4n) is 2.53. The summed E-state index contributed by atoms with van der Waals surface area (Å²) in [6, 6.07) is 10.5. The third-order valence-corrected chi connectivity index (χ3v) is 5.04. The maximum Gasteiger partial charge on any atom is 0.0783 e. The van der Waals surface area contributed by atoms with E-state index in [9.17, 15) is 5.11 Å². The fraction of sp³-hybridized carbons (Fsp3) is 0.529. The third-order valence-electron chi connectivity index (χ3n) is 3.74. The average molecular weight is 276 g/mol. The molecule has 104 valence electrons. The van der Waals surface area contributed by atoms with Crippen molar-refractivity contribution in [2.75, 3.05) is 5.75 Å². The molecule has 0 saturated carbocycles. The maximum absolute atomic E-state index is 10.4. The molecule has 19 heavy (non-hydrogen) atoms. The van der Waals surface area contributed by atoms with Crippen LogP contribution in [0.15, 0.2) is 42.0 Å². The Labute approximate surface area is 121 Å². The van der Waals surface area contributed by atoms with Crippen LogP contribution < -0.4 is 0 Å². The molecule has 1 N–H and O–H groups in total. The van der Waals surface area contributed by atoms with Crippen molar-refractivity contribution in [1.29, 1.82) is 0 Å². The van der Waals surface area contributed by atoms with E-state index in [-0.39, 0.29) is 6.10 Å². The number of benzene rings is 1. The van der Waals surface area contributed by atoms with Crippen molar-refractivity contribution < 1.29 is 5.11 Å². The van der Waals surface area contributed by atoms with E-state index in [1.807, 2.05) is 11.8 Å². The van der Waals surface area contributed by atoms with Gasteiger partial charge in [-0.3, -0.25) is 0 Å². The Kier molecular flexibility index (Phi) is 5.99. The summed E-state index contributed by atoms with van der Waals surface area (Å²) in [4.78, 5) is 0. The van der Waals surface area contributed by atoms with Crippen LogP contribution in [0.2, 0.25) is 0 Å². The van der Waals surface area contributed by atoms with Crippen molar-refractivity contribution in [3.63, 3.8) is 0 Å². The van der Waals surface area contributed by atoms with Crippen molar-refractivity contribution in [2.45, 2.75) is 44.5 Å². The molecular weight excluding hydrogens is 252 g/mol. The van der Waals surface area contributed by atoms with Crippen LogP contribution in [0.4, 0.5) is 0 Å². The van der Waals surface area contributed by atoms with Gasteiger partial charge in [0, 0.05) is 5.75 Å². The highest BCUT2D eigenvalue weighted by Crippen LogP contribution is 2.26. The Hall–Kier alpha value is -0.730. The molecule has 0 heterocycles. The van der Waals surface area contributed by atoms with Gasteiger partial charge >= 0.3 is 0 Å². The van der Waals surface area contributed by atoms with E-state index in [1.165, 1.54) is 24.0 Å². The summed E-state index contributed by atoms with van der Waals surface area (Å²) in [5.41, 5.74) is 2.64. The van der Waals surface area contributed by atoms with Gasteiger partial charge in [-0.15, -0.1) is 0 Å². The Morgan fingerprint density at radius 2 is 2.00 bits per heavy atom. The van der Waals surface area contributed by atoms with Gasteiger partial charge in [-0.1, -0.05) is 43.3 Å². The van der Waals surface area contributed by atoms with Crippen LogP contribution in [0.5, 0.6) is 0 Å². The van der Waals surface area contributed by atoms with E-state index < -0.39 is 0 Å². The largest absolute Gasteiger partial charge is 0.388 e. The molecule has 2 atom stereocenters. The summed E-state index contributed by atoms with van der Waals surface area (Å²) in [6.07, 6.45) is 6.79. The minimum Gasteiger partial charge on any atom is -0.388 e. The van der Waals surface area contributed by atoms with Gasteiger partial charge in [0.15, 0.2) is 0 Å². The first-order chi connectivity index (χ1) is 9.27. The predicted octanol–water partition coefficient (Wildman–Crippen LogP) is 4.42. The first-order valence-corrected chi connectivity index (χ1v) is 8.41. The van der Waals surface area contributed by atoms with E-state index >= 15 is 0 Å². The lowest BCUT2D eigenvalue weighted by atomic mass is 9.90. The van der Waals surface area contributed by atoms with Gasteiger partial charge in [0.1, 0.15) is 0 Å². The maximum atomic E-state index is 10.4. The number of hydrogen-bond donors (Lipinski definition) is 1. The summed E-state index contributed by atoms with van der Waals surface area (Å²) >= 11 is 1.92. The number of aliphatic hydroxyl groups is 1. The molecule has 1 nitrogen and oxygen atoms in total. The lowest BCUT2D eigenvalue weighted by Gasteiger charge is -2.24. The molecule has 2 heteroatoms. The molecule has 0 unspecified atom stereocenters. The molecule has 0 bridgehead atoms. The van der Waals surface area contributed by atoms with Gasteiger partial charge in [0.05, 0.1) is 6.10 Å². The topological polar surface area (TPSA) is 20.2 Å². The Morgan fingerprint density at radius 3 is 2.68 bits per heavy atom. The second-order valence-electron chi connectivity index (χ2n) is 5.45. The number of thioether (sulfide) groups is 1. The van der Waals surface area contributed by atoms with Gasteiger partial charge < -0.3 is 5.11 Å². The molecule has 1 aliphatic carbocycles. The van der Waals surface area contributed by atoms with E-state index in [1.54, 1.807) is 0 Å². The molecule has 0 aliphatic heterocycles. The number of aliphatic hydroxyl groups excluding tert-OH is 1. The Balaban J connectivity index is 1.74. The Bertz CT molecular complexity index is 399. The van der Waals surface area contributed by atoms with Gasteiger partial charge in [0.25, 0.3) is 0 Å². The zero-order chi connectivity index (χ0) is 13.5. The van der Waals surface area contributed by atoms with Crippen molar-refractivity contribution in [3.05, 3.63) is 47.5 Å². The highest BCUT2D eigenvalue weighted by atomic mass is 32.2. The minimum atomic E-state index is -0.233. The molecule has 0 fully saturated rings. The molecule has 1 aromatic rings. The quantitative estimate of drug-likeness (QED) is 0.776. The molecule has 2 rings (SSSR count). The monoisotopic (exact) mass is 276 g/mol. The third kappa shape index (κ3) is 4.70. The molecule has 0 aromatic heterocycles. The molecule has 0 radical (unpaired) electrons. The summed E-state index contributed by atoms with van der Waals surface area (Å²) in [5, 5.41) is 10.4. The van der Waals surface area contributed by atoms with Crippen LogP contribution in [0.1, 0.15) is 38.2 Å². The van der Waals surface area contributed by atoms with E-state index in [0.29, 0.717) is 5.92 Å². The van der Waals surface area contributed by atoms with E-state index in [0.717, 1.165) is 24.3 Å². The van der Waals surface area contributed by atoms with Crippen molar-refractivity contribution in [1.82, 2.24) is 0 Å². The van der Waals surface area contributed by atoms with E-state index in [2.05, 4.69) is 43.3 Å². The fourth-order valence-corrected chi connectivity index (χ4v) is 3.63. The zero-order valence-electron chi connectivity index (χ0n) is 11.7. The van der Waals surface area contributed by atoms with E-state index in [4.69, 9.17) is 0 Å². The zero-order valence-corrected chi connectivity index (χ0v) is 12.5. The second kappa shape index (κ2) is 7.76. The molecule has 0 spiro atoms. The highest BCUT2D eigenvalue weighted by molar-refractivity contribution is 7.98. The van der Waals surface area contributed by atoms with Crippen LogP contribution in [0.25, 0.3) is 0 Å². The second-order valence-corrected chi connectivity index (χ2v) is 6.48. The predicted molar refractivity (Wildman–Crippen MR) is 84.3 cm³/mol. The molecule has 0 amide bonds. The van der Waals surface area contributed by atoms with Crippen LogP contribution in [0, 0.1) is 5.92 Å². The molecular formula is C17H24OS. The van der Waals surface area contributed by atoms with Crippen LogP contribution in [0.3, 0.4) is 0 Å². The van der Waals surface area contributed by atoms with Crippen molar-refractivity contribution in [3.8, 4) is 0 Å². The van der Waals surface area contributed by atoms with Crippen molar-refractivity contribution in [2.24, 2.45) is 5.92 Å². The number of hydrogen-bond acceptors (Lipinski definition) is 2. The Morgan fingerprint density at radius 1 is 1.21 bits per heavy atom. The van der Waals surface area contributed by atoms with Gasteiger partial charge in [-0.2, -0.15) is 11.8 Å². The molecule has 1 aromatic carbocycles. The van der Waals surface area contributed by atoms with Crippen LogP contribution in [-0.4, -0.2) is 17.0 Å².